The van der Waals surface area contributed by atoms with Crippen molar-refractivity contribution in [3.05, 3.63) is 72.4 Å². The van der Waals surface area contributed by atoms with E-state index >= 15 is 0 Å². The van der Waals surface area contributed by atoms with E-state index < -0.39 is 15.8 Å². The lowest BCUT2D eigenvalue weighted by Gasteiger charge is -2.07. The molecule has 196 valence electrons. The summed E-state index contributed by atoms with van der Waals surface area (Å²) >= 11 is 0. The second kappa shape index (κ2) is 9.53. The quantitative estimate of drug-likeness (QED) is 0.274. The van der Waals surface area contributed by atoms with E-state index in [4.69, 9.17) is 14.7 Å². The molecule has 0 spiro atoms. The number of fused-ring (bicyclic) bond motifs is 2. The van der Waals surface area contributed by atoms with Crippen molar-refractivity contribution in [2.45, 2.75) is 6.54 Å². The molecule has 0 aliphatic rings. The number of ether oxygens (including phenoxy) is 1. The van der Waals surface area contributed by atoms with Gasteiger partial charge in [0.05, 0.1) is 42.0 Å². The number of hydrogen-bond acceptors (Lipinski definition) is 8. The molecule has 0 radical (unpaired) electrons. The van der Waals surface area contributed by atoms with E-state index in [1.165, 1.54) is 12.1 Å². The SMILES string of the molecule is COc1cncc(-c2ccc3[nH]nc(-c4nc5c(-c6cc(F)cc(CNS(C)(=O)=O)c6)nccc5[nH]4)c3n2)c1. The summed E-state index contributed by atoms with van der Waals surface area (Å²) in [4.78, 5) is 21.5. The lowest BCUT2D eigenvalue weighted by molar-refractivity contribution is 0.413. The van der Waals surface area contributed by atoms with E-state index in [1.807, 2.05) is 18.2 Å². The van der Waals surface area contributed by atoms with Crippen LogP contribution in [0, 0.1) is 5.82 Å². The molecule has 0 aliphatic heterocycles. The largest absolute Gasteiger partial charge is 0.495 e. The Morgan fingerprint density at radius 2 is 1.82 bits per heavy atom. The van der Waals surface area contributed by atoms with E-state index in [-0.39, 0.29) is 6.54 Å². The molecule has 6 aromatic rings. The molecule has 3 N–H and O–H groups in total. The number of benzene rings is 1. The Morgan fingerprint density at radius 3 is 2.64 bits per heavy atom. The molecule has 0 saturated carbocycles. The van der Waals surface area contributed by atoms with Gasteiger partial charge in [-0.05, 0) is 48.0 Å². The summed E-state index contributed by atoms with van der Waals surface area (Å²) < 4.78 is 45.2. The van der Waals surface area contributed by atoms with Crippen LogP contribution in [0.2, 0.25) is 0 Å². The topological polar surface area (TPSA) is 151 Å². The number of halogens is 1. The van der Waals surface area contributed by atoms with Gasteiger partial charge in [-0.15, -0.1) is 0 Å². The molecule has 0 aliphatic carbocycles. The Morgan fingerprint density at radius 1 is 0.974 bits per heavy atom. The summed E-state index contributed by atoms with van der Waals surface area (Å²) in [5.41, 5.74) is 5.81. The molecule has 5 heterocycles. The van der Waals surface area contributed by atoms with Crippen LogP contribution >= 0.6 is 0 Å². The van der Waals surface area contributed by atoms with Crippen LogP contribution in [-0.2, 0) is 16.6 Å². The van der Waals surface area contributed by atoms with Crippen LogP contribution in [0.15, 0.2) is 61.1 Å². The van der Waals surface area contributed by atoms with Gasteiger partial charge in [0.2, 0.25) is 10.0 Å². The number of rotatable bonds is 7. The smallest absolute Gasteiger partial charge is 0.209 e. The maximum absolute atomic E-state index is 14.5. The van der Waals surface area contributed by atoms with Crippen molar-refractivity contribution in [1.29, 1.82) is 0 Å². The Kier molecular flexibility index (Phi) is 6.00. The van der Waals surface area contributed by atoms with Crippen molar-refractivity contribution in [3.63, 3.8) is 0 Å². The molecular weight excluding hydrogens is 523 g/mol. The summed E-state index contributed by atoms with van der Waals surface area (Å²) in [5, 5.41) is 7.43. The highest BCUT2D eigenvalue weighted by atomic mass is 32.2. The predicted molar refractivity (Wildman–Crippen MR) is 144 cm³/mol. The summed E-state index contributed by atoms with van der Waals surface area (Å²) in [6.07, 6.45) is 5.96. The molecular formula is C26H21FN8O3S. The van der Waals surface area contributed by atoms with E-state index in [0.29, 0.717) is 56.3 Å². The first-order valence-electron chi connectivity index (χ1n) is 11.7. The van der Waals surface area contributed by atoms with Crippen LogP contribution in [-0.4, -0.2) is 56.9 Å². The lowest BCUT2D eigenvalue weighted by atomic mass is 10.1. The number of nitrogens with one attached hydrogen (secondary N) is 3. The van der Waals surface area contributed by atoms with Crippen molar-refractivity contribution in [2.75, 3.05) is 13.4 Å². The summed E-state index contributed by atoms with van der Waals surface area (Å²) in [6.45, 7) is -0.0541. The van der Waals surface area contributed by atoms with Gasteiger partial charge < -0.3 is 9.72 Å². The monoisotopic (exact) mass is 544 g/mol. The lowest BCUT2D eigenvalue weighted by Crippen LogP contribution is -2.21. The van der Waals surface area contributed by atoms with Gasteiger partial charge in [0.15, 0.2) is 11.5 Å². The number of H-pyrrole nitrogens is 2. The molecule has 0 fully saturated rings. The number of aromatic nitrogens is 7. The number of methoxy groups -OCH3 is 1. The summed E-state index contributed by atoms with van der Waals surface area (Å²) in [7, 11) is -1.87. The van der Waals surface area contributed by atoms with Crippen LogP contribution in [0.1, 0.15) is 5.56 Å². The zero-order valence-corrected chi connectivity index (χ0v) is 21.5. The van der Waals surface area contributed by atoms with Crippen molar-refractivity contribution in [2.24, 2.45) is 0 Å². The van der Waals surface area contributed by atoms with Gasteiger partial charge in [-0.25, -0.2) is 27.5 Å². The third kappa shape index (κ3) is 4.92. The van der Waals surface area contributed by atoms with Gasteiger partial charge in [0, 0.05) is 30.1 Å². The van der Waals surface area contributed by atoms with E-state index in [9.17, 15) is 12.8 Å². The fraction of sp³-hybridized carbons (Fsp3) is 0.115. The molecule has 11 nitrogen and oxygen atoms in total. The standard InChI is InChI=1S/C26H21FN8O3S/c1-38-18-10-16(12-28-13-18)19-3-4-21-24(31-19)25(35-34-21)26-32-20-5-6-29-22(23(20)33-26)15-7-14(8-17(27)9-15)11-30-39(2,36)37/h3-10,12-13,30H,11H2,1-2H3,(H,32,33)(H,34,35). The van der Waals surface area contributed by atoms with Crippen molar-refractivity contribution in [3.8, 4) is 39.8 Å². The first-order chi connectivity index (χ1) is 18.8. The minimum absolute atomic E-state index is 0.0541. The fourth-order valence-corrected chi connectivity index (χ4v) is 4.69. The van der Waals surface area contributed by atoms with E-state index in [2.05, 4.69) is 29.9 Å². The Labute approximate surface area is 221 Å². The highest BCUT2D eigenvalue weighted by Crippen LogP contribution is 2.31. The molecule has 39 heavy (non-hydrogen) atoms. The van der Waals surface area contributed by atoms with E-state index in [0.717, 1.165) is 17.3 Å². The van der Waals surface area contributed by atoms with Crippen molar-refractivity contribution in [1.82, 2.24) is 39.8 Å². The van der Waals surface area contributed by atoms with Gasteiger partial charge >= 0.3 is 0 Å². The van der Waals surface area contributed by atoms with Crippen LogP contribution in [0.5, 0.6) is 5.75 Å². The average molecular weight is 545 g/mol. The van der Waals surface area contributed by atoms with Gasteiger partial charge in [-0.3, -0.25) is 15.1 Å². The second-order valence-electron chi connectivity index (χ2n) is 8.86. The summed E-state index contributed by atoms with van der Waals surface area (Å²) in [6, 6.07) is 11.6. The van der Waals surface area contributed by atoms with Crippen LogP contribution in [0.4, 0.5) is 4.39 Å². The maximum Gasteiger partial charge on any atom is 0.209 e. The highest BCUT2D eigenvalue weighted by Gasteiger charge is 2.18. The minimum atomic E-state index is -3.44. The zero-order valence-electron chi connectivity index (χ0n) is 20.7. The number of nitrogens with zero attached hydrogens (tertiary/aromatic N) is 5. The van der Waals surface area contributed by atoms with Gasteiger partial charge in [0.25, 0.3) is 0 Å². The number of pyridine rings is 3. The normalized spacial score (nSPS) is 11.9. The average Bonchev–Trinajstić information content (AvgIpc) is 3.55. The Bertz CT molecular complexity index is 1970. The molecule has 13 heteroatoms. The fourth-order valence-electron chi connectivity index (χ4n) is 4.26. The molecule has 5 aromatic heterocycles. The van der Waals surface area contributed by atoms with Gasteiger partial charge in [-0.2, -0.15) is 5.10 Å². The maximum atomic E-state index is 14.5. The van der Waals surface area contributed by atoms with Crippen LogP contribution < -0.4 is 9.46 Å². The number of sulfonamides is 1. The number of hydrogen-bond donors (Lipinski definition) is 3. The Hall–Kier alpha value is -4.75. The highest BCUT2D eigenvalue weighted by molar-refractivity contribution is 7.88. The zero-order chi connectivity index (χ0) is 27.1. The molecule has 0 saturated heterocycles. The van der Waals surface area contributed by atoms with E-state index in [1.54, 1.807) is 37.8 Å². The second-order valence-corrected chi connectivity index (χ2v) is 10.7. The molecule has 0 unspecified atom stereocenters. The van der Waals surface area contributed by atoms with Gasteiger partial charge in [-0.1, -0.05) is 0 Å². The molecule has 0 bridgehead atoms. The van der Waals surface area contributed by atoms with Crippen molar-refractivity contribution >= 4 is 32.1 Å². The third-order valence-electron chi connectivity index (χ3n) is 6.05. The molecule has 1 aromatic carbocycles. The first kappa shape index (κ1) is 24.6. The predicted octanol–water partition coefficient (Wildman–Crippen LogP) is 3.82. The van der Waals surface area contributed by atoms with Crippen LogP contribution in [0.3, 0.4) is 0 Å². The number of aromatic amines is 2. The van der Waals surface area contributed by atoms with Crippen LogP contribution in [0.25, 0.3) is 56.1 Å². The Balaban J connectivity index is 1.42. The minimum Gasteiger partial charge on any atom is -0.495 e. The summed E-state index contributed by atoms with van der Waals surface area (Å²) in [5.74, 6) is 0.551. The molecule has 0 amide bonds. The number of imidazole rings is 1. The first-order valence-corrected chi connectivity index (χ1v) is 13.6. The molecule has 6 rings (SSSR count). The molecule has 0 atom stereocenters. The van der Waals surface area contributed by atoms with Crippen molar-refractivity contribution < 1.29 is 17.5 Å². The van der Waals surface area contributed by atoms with Gasteiger partial charge in [0.1, 0.15) is 22.6 Å². The third-order valence-corrected chi connectivity index (χ3v) is 6.72.